The summed E-state index contributed by atoms with van der Waals surface area (Å²) in [7, 11) is 0. The van der Waals surface area contributed by atoms with Crippen LogP contribution in [0.25, 0.3) is 0 Å². The average Bonchev–Trinajstić information content (AvgIpc) is 3.11. The summed E-state index contributed by atoms with van der Waals surface area (Å²) in [6.45, 7) is 0.636. The molecule has 4 rings (SSSR count). The Kier molecular flexibility index (Phi) is 3.64. The maximum Gasteiger partial charge on any atom is 0.238 e. The van der Waals surface area contributed by atoms with Gasteiger partial charge in [0.25, 0.3) is 0 Å². The Morgan fingerprint density at radius 3 is 2.41 bits per heavy atom. The molecule has 0 N–H and O–H groups in total. The van der Waals surface area contributed by atoms with Crippen molar-refractivity contribution in [2.24, 2.45) is 0 Å². The second-order valence-electron chi connectivity index (χ2n) is 5.65. The highest BCUT2D eigenvalue weighted by Crippen LogP contribution is 2.42. The predicted octanol–water partition coefficient (Wildman–Crippen LogP) is 3.48. The molecule has 2 aromatic rings. The van der Waals surface area contributed by atoms with Gasteiger partial charge in [0.2, 0.25) is 5.91 Å². The van der Waals surface area contributed by atoms with Crippen LogP contribution in [0, 0.1) is 0 Å². The van der Waals surface area contributed by atoms with Gasteiger partial charge in [-0.1, -0.05) is 48.5 Å². The van der Waals surface area contributed by atoms with E-state index in [1.165, 1.54) is 0 Å². The molecule has 2 aromatic carbocycles. The van der Waals surface area contributed by atoms with E-state index >= 15 is 0 Å². The van der Waals surface area contributed by atoms with E-state index in [-0.39, 0.29) is 23.4 Å². The predicted molar refractivity (Wildman–Crippen MR) is 86.5 cm³/mol. The van der Waals surface area contributed by atoms with Crippen molar-refractivity contribution in [3.05, 3.63) is 66.2 Å². The van der Waals surface area contributed by atoms with E-state index in [1.807, 2.05) is 53.4 Å². The number of amides is 1. The molecule has 2 fully saturated rings. The molecule has 2 saturated heterocycles. The first kappa shape index (κ1) is 13.9. The minimum atomic E-state index is -0.222. The second kappa shape index (κ2) is 5.78. The monoisotopic (exact) mass is 311 g/mol. The SMILES string of the molecule is O=C1C(Sc2ccccc2)C[C@H]2CO[C@H](c3ccccc3)N12. The van der Waals surface area contributed by atoms with Crippen LogP contribution in [0.1, 0.15) is 18.2 Å². The molecule has 0 bridgehead atoms. The molecule has 0 radical (unpaired) electrons. The summed E-state index contributed by atoms with van der Waals surface area (Å²) in [5.74, 6) is 0.199. The molecule has 3 atom stereocenters. The van der Waals surface area contributed by atoms with E-state index < -0.39 is 0 Å². The van der Waals surface area contributed by atoms with Crippen molar-refractivity contribution in [2.45, 2.75) is 28.8 Å². The van der Waals surface area contributed by atoms with Gasteiger partial charge in [0.05, 0.1) is 17.9 Å². The van der Waals surface area contributed by atoms with Crippen molar-refractivity contribution >= 4 is 17.7 Å². The molecule has 1 unspecified atom stereocenters. The van der Waals surface area contributed by atoms with Crippen molar-refractivity contribution < 1.29 is 9.53 Å². The molecule has 0 saturated carbocycles. The molecular weight excluding hydrogens is 294 g/mol. The molecule has 22 heavy (non-hydrogen) atoms. The number of thioether (sulfide) groups is 1. The molecule has 1 amide bonds. The van der Waals surface area contributed by atoms with Crippen LogP contribution in [0.3, 0.4) is 0 Å². The first-order valence-electron chi connectivity index (χ1n) is 7.53. The number of fused-ring (bicyclic) bond motifs is 1. The van der Waals surface area contributed by atoms with Crippen LogP contribution >= 0.6 is 11.8 Å². The number of hydrogen-bond acceptors (Lipinski definition) is 3. The maximum atomic E-state index is 12.8. The van der Waals surface area contributed by atoms with Crippen LogP contribution in [0.2, 0.25) is 0 Å². The van der Waals surface area contributed by atoms with Crippen molar-refractivity contribution in [3.63, 3.8) is 0 Å². The Balaban J connectivity index is 1.54. The molecule has 2 aliphatic rings. The van der Waals surface area contributed by atoms with E-state index in [0.717, 1.165) is 16.9 Å². The largest absolute Gasteiger partial charge is 0.352 e. The highest BCUT2D eigenvalue weighted by molar-refractivity contribution is 8.00. The van der Waals surface area contributed by atoms with Crippen LogP contribution in [0.5, 0.6) is 0 Å². The fourth-order valence-electron chi connectivity index (χ4n) is 3.18. The number of hydrogen-bond donors (Lipinski definition) is 0. The zero-order chi connectivity index (χ0) is 14.9. The lowest BCUT2D eigenvalue weighted by Crippen LogP contribution is -2.32. The van der Waals surface area contributed by atoms with Gasteiger partial charge >= 0.3 is 0 Å². The molecule has 2 aliphatic heterocycles. The summed E-state index contributed by atoms with van der Waals surface area (Å²) in [4.78, 5) is 15.9. The molecule has 2 heterocycles. The summed E-state index contributed by atoms with van der Waals surface area (Å²) in [6, 6.07) is 20.4. The smallest absolute Gasteiger partial charge is 0.238 e. The summed E-state index contributed by atoms with van der Waals surface area (Å²) in [5, 5.41) is 0.00233. The summed E-state index contributed by atoms with van der Waals surface area (Å²) < 4.78 is 5.87. The van der Waals surface area contributed by atoms with E-state index in [2.05, 4.69) is 12.1 Å². The number of carbonyl (C=O) groups is 1. The number of carbonyl (C=O) groups excluding carboxylic acids is 1. The van der Waals surface area contributed by atoms with E-state index in [0.29, 0.717) is 6.61 Å². The zero-order valence-electron chi connectivity index (χ0n) is 12.1. The minimum absolute atomic E-state index is 0.00233. The number of ether oxygens (including phenoxy) is 1. The van der Waals surface area contributed by atoms with Crippen LogP contribution in [0.15, 0.2) is 65.6 Å². The highest BCUT2D eigenvalue weighted by atomic mass is 32.2. The van der Waals surface area contributed by atoms with Crippen LogP contribution < -0.4 is 0 Å². The van der Waals surface area contributed by atoms with Gasteiger partial charge in [0.15, 0.2) is 6.23 Å². The van der Waals surface area contributed by atoms with Crippen molar-refractivity contribution in [2.75, 3.05) is 6.61 Å². The molecule has 0 spiro atoms. The standard InChI is InChI=1S/C18H17NO2S/c20-17-16(22-15-9-5-2-6-10-15)11-14-12-21-18(19(14)17)13-7-3-1-4-8-13/h1-10,14,16,18H,11-12H2/t14-,16?,18+/m0/s1. The second-order valence-corrected chi connectivity index (χ2v) is 6.93. The van der Waals surface area contributed by atoms with Gasteiger partial charge in [0.1, 0.15) is 0 Å². The Morgan fingerprint density at radius 2 is 1.68 bits per heavy atom. The molecule has 0 aliphatic carbocycles. The van der Waals surface area contributed by atoms with E-state index in [9.17, 15) is 4.79 Å². The van der Waals surface area contributed by atoms with Gasteiger partial charge in [-0.3, -0.25) is 4.79 Å². The van der Waals surface area contributed by atoms with Crippen molar-refractivity contribution in [1.82, 2.24) is 4.90 Å². The molecule has 4 heteroatoms. The third-order valence-electron chi connectivity index (χ3n) is 4.21. The fourth-order valence-corrected chi connectivity index (χ4v) is 4.37. The molecule has 112 valence electrons. The van der Waals surface area contributed by atoms with Crippen molar-refractivity contribution in [3.8, 4) is 0 Å². The van der Waals surface area contributed by atoms with Crippen LogP contribution in [-0.2, 0) is 9.53 Å². The topological polar surface area (TPSA) is 29.5 Å². The minimum Gasteiger partial charge on any atom is -0.352 e. The highest BCUT2D eigenvalue weighted by Gasteiger charge is 2.48. The van der Waals surface area contributed by atoms with Crippen LogP contribution in [0.4, 0.5) is 0 Å². The molecule has 0 aromatic heterocycles. The summed E-state index contributed by atoms with van der Waals surface area (Å²) in [5.41, 5.74) is 1.06. The lowest BCUT2D eigenvalue weighted by Gasteiger charge is -2.23. The number of nitrogens with zero attached hydrogens (tertiary/aromatic N) is 1. The van der Waals surface area contributed by atoms with Gasteiger partial charge in [0, 0.05) is 10.5 Å². The zero-order valence-corrected chi connectivity index (χ0v) is 12.9. The van der Waals surface area contributed by atoms with Crippen LogP contribution in [-0.4, -0.2) is 28.7 Å². The van der Waals surface area contributed by atoms with Gasteiger partial charge < -0.3 is 9.64 Å². The first-order valence-corrected chi connectivity index (χ1v) is 8.41. The Hall–Kier alpha value is -1.78. The number of benzene rings is 2. The lowest BCUT2D eigenvalue weighted by atomic mass is 10.2. The quantitative estimate of drug-likeness (QED) is 0.869. The third-order valence-corrected chi connectivity index (χ3v) is 5.44. The maximum absolute atomic E-state index is 12.8. The third kappa shape index (κ3) is 2.42. The summed E-state index contributed by atoms with van der Waals surface area (Å²) >= 11 is 1.67. The summed E-state index contributed by atoms with van der Waals surface area (Å²) in [6.07, 6.45) is 0.641. The van der Waals surface area contributed by atoms with Gasteiger partial charge in [-0.25, -0.2) is 0 Å². The first-order chi connectivity index (χ1) is 10.8. The van der Waals surface area contributed by atoms with Gasteiger partial charge in [-0.05, 0) is 18.6 Å². The average molecular weight is 311 g/mol. The van der Waals surface area contributed by atoms with E-state index in [1.54, 1.807) is 11.8 Å². The normalized spacial score (nSPS) is 27.2. The van der Waals surface area contributed by atoms with Crippen molar-refractivity contribution in [1.29, 1.82) is 0 Å². The van der Waals surface area contributed by atoms with E-state index in [4.69, 9.17) is 4.74 Å². The Bertz CT molecular complexity index is 661. The molecule has 3 nitrogen and oxygen atoms in total. The fraction of sp³-hybridized carbons (Fsp3) is 0.278. The Morgan fingerprint density at radius 1 is 1.00 bits per heavy atom. The Labute approximate surface area is 134 Å². The van der Waals surface area contributed by atoms with Gasteiger partial charge in [-0.15, -0.1) is 11.8 Å². The van der Waals surface area contributed by atoms with Gasteiger partial charge in [-0.2, -0.15) is 0 Å². The lowest BCUT2D eigenvalue weighted by molar-refractivity contribution is -0.133. The number of rotatable bonds is 3. The molecular formula is C18H17NO2S.